The second-order valence-electron chi connectivity index (χ2n) is 12.6. The number of hydrogen-bond acceptors (Lipinski definition) is 9. The fraction of sp³-hybridized carbons (Fsp3) is 0.405. The number of alkyl carbamates (subject to hydrolysis) is 1. The number of ketones is 1. The van der Waals surface area contributed by atoms with E-state index in [2.05, 4.69) is 39.8 Å². The van der Waals surface area contributed by atoms with Gasteiger partial charge in [0.15, 0.2) is 0 Å². The molecule has 50 heavy (non-hydrogen) atoms. The molecule has 11 nitrogen and oxygen atoms in total. The summed E-state index contributed by atoms with van der Waals surface area (Å²) in [5, 5.41) is 11.8. The third kappa shape index (κ3) is 13.0. The van der Waals surface area contributed by atoms with Gasteiger partial charge in [-0.3, -0.25) is 14.6 Å². The van der Waals surface area contributed by atoms with Gasteiger partial charge in [0.1, 0.15) is 18.4 Å². The molecular weight excluding hydrogens is 673 g/mol. The van der Waals surface area contributed by atoms with Gasteiger partial charge in [-0.2, -0.15) is 0 Å². The number of aromatic nitrogens is 2. The molecule has 0 aliphatic rings. The van der Waals surface area contributed by atoms with E-state index in [0.717, 1.165) is 26.7 Å². The summed E-state index contributed by atoms with van der Waals surface area (Å²) in [5.74, 6) is -0.388. The Bertz CT molecular complexity index is 1650. The summed E-state index contributed by atoms with van der Waals surface area (Å²) in [6.45, 7) is 5.92. The Morgan fingerprint density at radius 2 is 1.48 bits per heavy atom. The predicted molar refractivity (Wildman–Crippen MR) is 196 cm³/mol. The zero-order valence-corrected chi connectivity index (χ0v) is 30.6. The van der Waals surface area contributed by atoms with Crippen LogP contribution in [-0.4, -0.2) is 63.9 Å². The molecule has 0 spiro atoms. The zero-order chi connectivity index (χ0) is 35.9. The molecule has 2 heterocycles. The number of carbonyl (C=O) groups excluding carboxylic acids is 4. The number of thiazole rings is 2. The summed E-state index contributed by atoms with van der Waals surface area (Å²) < 4.78 is 5.47. The van der Waals surface area contributed by atoms with Gasteiger partial charge >= 0.3 is 12.1 Å². The minimum atomic E-state index is -1.07. The average molecular weight is 719 g/mol. The molecule has 2 aromatic heterocycles. The number of Topliss-reactive ketones (excluding diaryl/α,β-unsaturated/α-hetero) is 1. The lowest BCUT2D eigenvalue weighted by molar-refractivity contribution is -0.127. The first-order valence-electron chi connectivity index (χ1n) is 16.7. The highest BCUT2D eigenvalue weighted by atomic mass is 32.1. The largest absolute Gasteiger partial charge is 0.444 e. The van der Waals surface area contributed by atoms with Crippen LogP contribution in [0.2, 0.25) is 0 Å². The van der Waals surface area contributed by atoms with Crippen LogP contribution in [0.1, 0.15) is 72.7 Å². The van der Waals surface area contributed by atoms with Crippen LogP contribution in [0.15, 0.2) is 77.8 Å². The van der Waals surface area contributed by atoms with Crippen molar-refractivity contribution in [2.24, 2.45) is 0 Å². The van der Waals surface area contributed by atoms with Crippen LogP contribution in [0.3, 0.4) is 0 Å². The summed E-state index contributed by atoms with van der Waals surface area (Å²) in [6.07, 6.45) is 3.10. The Kier molecular flexibility index (Phi) is 14.9. The van der Waals surface area contributed by atoms with E-state index in [0.29, 0.717) is 25.7 Å². The maximum Gasteiger partial charge on any atom is 0.407 e. The summed E-state index contributed by atoms with van der Waals surface area (Å²) in [5.41, 5.74) is 4.52. The van der Waals surface area contributed by atoms with Gasteiger partial charge in [-0.05, 0) is 43.7 Å². The van der Waals surface area contributed by atoms with Crippen molar-refractivity contribution in [3.8, 4) is 0 Å². The lowest BCUT2D eigenvalue weighted by Crippen LogP contribution is -2.53. The molecule has 4 amide bonds. The first kappa shape index (κ1) is 38.2. The first-order valence-corrected chi connectivity index (χ1v) is 18.5. The van der Waals surface area contributed by atoms with Crippen LogP contribution in [0.4, 0.5) is 9.59 Å². The Morgan fingerprint density at radius 3 is 2.02 bits per heavy atom. The average Bonchev–Trinajstić information content (AvgIpc) is 3.79. The minimum Gasteiger partial charge on any atom is -0.444 e. The number of nitrogens with one attached hydrogen (secondary N) is 3. The molecule has 2 aromatic carbocycles. The topological polar surface area (TPSA) is 143 Å². The van der Waals surface area contributed by atoms with Crippen molar-refractivity contribution in [3.63, 3.8) is 0 Å². The molecule has 0 saturated heterocycles. The molecule has 3 atom stereocenters. The number of rotatable bonds is 18. The van der Waals surface area contributed by atoms with Crippen molar-refractivity contribution in [3.05, 3.63) is 104 Å². The highest BCUT2D eigenvalue weighted by molar-refractivity contribution is 7.09. The zero-order valence-electron chi connectivity index (χ0n) is 29.0. The van der Waals surface area contributed by atoms with Crippen molar-refractivity contribution >= 4 is 46.5 Å². The lowest BCUT2D eigenvalue weighted by atomic mass is 9.95. The van der Waals surface area contributed by atoms with Crippen molar-refractivity contribution < 1.29 is 23.9 Å². The smallest absolute Gasteiger partial charge is 0.407 e. The Hall–Kier alpha value is -4.62. The number of amides is 4. The van der Waals surface area contributed by atoms with Gasteiger partial charge in [0, 0.05) is 43.0 Å². The molecule has 0 aliphatic carbocycles. The molecular formula is C37H46N6O5S2. The van der Waals surface area contributed by atoms with Gasteiger partial charge in [-0.15, -0.1) is 22.7 Å². The van der Waals surface area contributed by atoms with E-state index in [4.69, 9.17) is 4.74 Å². The quantitative estimate of drug-likeness (QED) is 0.110. The highest BCUT2D eigenvalue weighted by Gasteiger charge is 2.27. The maximum absolute atomic E-state index is 13.8. The molecule has 0 saturated carbocycles. The van der Waals surface area contributed by atoms with Crippen LogP contribution in [0, 0.1) is 0 Å². The van der Waals surface area contributed by atoms with E-state index in [1.54, 1.807) is 30.1 Å². The standard InChI is InChI=1S/C37H46N6O5S2/c1-25(2)35-40-31(23-49-35)21-43(4)36(46)42-33(17-26(3)44)34(45)39-29(18-27-11-7-5-8-12-27)15-16-30(19-28-13-9-6-10-14-28)41-37(47)48-22-32-20-38-24-50-32/h5-14,20,23-25,29-30,33H,15-19,21-22H2,1-4H3,(H,39,45)(H,41,47)(H,42,46)/t29-,30-,33+/m1/s1. The second kappa shape index (κ2) is 19.5. The van der Waals surface area contributed by atoms with E-state index < -0.39 is 24.1 Å². The molecule has 0 radical (unpaired) electrons. The maximum atomic E-state index is 13.8. The van der Waals surface area contributed by atoms with Crippen molar-refractivity contribution in [1.82, 2.24) is 30.8 Å². The van der Waals surface area contributed by atoms with Gasteiger partial charge in [-0.25, -0.2) is 14.6 Å². The van der Waals surface area contributed by atoms with Crippen LogP contribution in [0.5, 0.6) is 0 Å². The fourth-order valence-electron chi connectivity index (χ4n) is 5.34. The van der Waals surface area contributed by atoms with Crippen LogP contribution >= 0.6 is 22.7 Å². The van der Waals surface area contributed by atoms with Crippen LogP contribution < -0.4 is 16.0 Å². The van der Waals surface area contributed by atoms with Gasteiger partial charge < -0.3 is 25.6 Å². The van der Waals surface area contributed by atoms with Gasteiger partial charge in [0.25, 0.3) is 0 Å². The Balaban J connectivity index is 1.44. The number of benzene rings is 2. The lowest BCUT2D eigenvalue weighted by Gasteiger charge is -2.27. The van der Waals surface area contributed by atoms with Crippen LogP contribution in [0.25, 0.3) is 0 Å². The summed E-state index contributed by atoms with van der Waals surface area (Å²) in [7, 11) is 1.63. The van der Waals surface area contributed by atoms with Gasteiger partial charge in [-0.1, -0.05) is 74.5 Å². The summed E-state index contributed by atoms with van der Waals surface area (Å²) >= 11 is 2.96. The minimum absolute atomic E-state index is 0.127. The van der Waals surface area contributed by atoms with Gasteiger partial charge in [0.2, 0.25) is 5.91 Å². The fourth-order valence-corrected chi connectivity index (χ4v) is 6.67. The van der Waals surface area contributed by atoms with E-state index >= 15 is 0 Å². The molecule has 0 aliphatic heterocycles. The van der Waals surface area contributed by atoms with Gasteiger partial charge in [0.05, 0.1) is 27.6 Å². The Labute approximate surface area is 301 Å². The van der Waals surface area contributed by atoms with E-state index in [9.17, 15) is 19.2 Å². The van der Waals surface area contributed by atoms with Crippen molar-refractivity contribution in [1.29, 1.82) is 0 Å². The van der Waals surface area contributed by atoms with E-state index in [-0.39, 0.29) is 43.4 Å². The summed E-state index contributed by atoms with van der Waals surface area (Å²) in [6, 6.07) is 17.5. The molecule has 0 unspecified atom stereocenters. The summed E-state index contributed by atoms with van der Waals surface area (Å²) in [4.78, 5) is 63.0. The molecule has 0 bridgehead atoms. The molecule has 0 fully saturated rings. The SMILES string of the molecule is CC(=O)C[C@H](NC(=O)N(C)Cc1csc(C(C)C)n1)C(=O)N[C@H](CC[C@H](Cc1ccccc1)NC(=O)OCc1cncs1)Cc1ccccc1. The number of nitrogens with zero attached hydrogens (tertiary/aromatic N) is 3. The number of ether oxygens (including phenoxy) is 1. The molecule has 266 valence electrons. The molecule has 4 aromatic rings. The van der Waals surface area contributed by atoms with Crippen molar-refractivity contribution in [2.75, 3.05) is 7.05 Å². The third-order valence-electron chi connectivity index (χ3n) is 7.93. The second-order valence-corrected chi connectivity index (χ2v) is 14.5. The normalized spacial score (nSPS) is 12.8. The molecule has 3 N–H and O–H groups in total. The number of carbonyl (C=O) groups is 4. The monoisotopic (exact) mass is 718 g/mol. The number of urea groups is 1. The van der Waals surface area contributed by atoms with E-state index in [1.165, 1.54) is 23.2 Å². The molecule has 13 heteroatoms. The third-order valence-corrected chi connectivity index (χ3v) is 9.87. The predicted octanol–water partition coefficient (Wildman–Crippen LogP) is 6.26. The van der Waals surface area contributed by atoms with Crippen molar-refractivity contribution in [2.45, 2.75) is 90.1 Å². The van der Waals surface area contributed by atoms with E-state index in [1.807, 2.05) is 66.0 Å². The first-order chi connectivity index (χ1) is 24.0. The Morgan fingerprint density at radius 1 is 0.860 bits per heavy atom. The highest BCUT2D eigenvalue weighted by Crippen LogP contribution is 2.20. The van der Waals surface area contributed by atoms with Crippen LogP contribution in [-0.2, 0) is 40.3 Å². The number of hydrogen-bond donors (Lipinski definition) is 3. The molecule has 4 rings (SSSR count).